The van der Waals surface area contributed by atoms with Gasteiger partial charge in [-0.1, -0.05) is 51.1 Å². The van der Waals surface area contributed by atoms with Crippen LogP contribution in [-0.2, 0) is 10.2 Å². The van der Waals surface area contributed by atoms with Crippen LogP contribution < -0.4 is 10.1 Å². The van der Waals surface area contributed by atoms with Crippen molar-refractivity contribution in [2.24, 2.45) is 0 Å². The Morgan fingerprint density at radius 2 is 1.70 bits per heavy atom. The fraction of sp³-hybridized carbons (Fsp3) is 0.316. The first-order valence-corrected chi connectivity index (χ1v) is 7.60. The summed E-state index contributed by atoms with van der Waals surface area (Å²) in [6.45, 7) is 7.90. The van der Waals surface area contributed by atoms with Gasteiger partial charge in [-0.05, 0) is 36.1 Å². The van der Waals surface area contributed by atoms with E-state index in [4.69, 9.17) is 4.74 Å². The van der Waals surface area contributed by atoms with Gasteiger partial charge in [-0.3, -0.25) is 4.79 Å². The van der Waals surface area contributed by atoms with E-state index in [9.17, 15) is 9.18 Å². The Kier molecular flexibility index (Phi) is 5.04. The Morgan fingerprint density at radius 3 is 2.35 bits per heavy atom. The SMILES string of the molecule is CC(Oc1ccccc1C(C)(C)C)C(=O)Nc1ccccc1F. The van der Waals surface area contributed by atoms with E-state index in [1.165, 1.54) is 12.1 Å². The van der Waals surface area contributed by atoms with Crippen LogP contribution in [0.25, 0.3) is 0 Å². The van der Waals surface area contributed by atoms with E-state index in [0.717, 1.165) is 5.56 Å². The number of ether oxygens (including phenoxy) is 1. The smallest absolute Gasteiger partial charge is 0.265 e. The summed E-state index contributed by atoms with van der Waals surface area (Å²) in [5.74, 6) is -0.196. The van der Waals surface area contributed by atoms with Crippen molar-refractivity contribution in [3.63, 3.8) is 0 Å². The molecule has 3 nitrogen and oxygen atoms in total. The number of nitrogens with one attached hydrogen (secondary N) is 1. The van der Waals surface area contributed by atoms with E-state index in [1.54, 1.807) is 19.1 Å². The number of amides is 1. The molecule has 0 aromatic heterocycles. The van der Waals surface area contributed by atoms with Crippen molar-refractivity contribution in [3.05, 3.63) is 59.9 Å². The predicted octanol–water partition coefficient (Wildman–Crippen LogP) is 4.53. The van der Waals surface area contributed by atoms with Crippen LogP contribution in [-0.4, -0.2) is 12.0 Å². The number of hydrogen-bond donors (Lipinski definition) is 1. The van der Waals surface area contributed by atoms with Crippen molar-refractivity contribution < 1.29 is 13.9 Å². The number of para-hydroxylation sites is 2. The molecular formula is C19H22FNO2. The summed E-state index contributed by atoms with van der Waals surface area (Å²) in [6, 6.07) is 13.7. The molecule has 4 heteroatoms. The maximum atomic E-state index is 13.6. The van der Waals surface area contributed by atoms with Gasteiger partial charge in [-0.2, -0.15) is 0 Å². The highest BCUT2D eigenvalue weighted by Crippen LogP contribution is 2.31. The second-order valence-corrected chi connectivity index (χ2v) is 6.48. The Labute approximate surface area is 136 Å². The standard InChI is InChI=1S/C19H22FNO2/c1-13(18(22)21-16-11-7-6-10-15(16)20)23-17-12-8-5-9-14(17)19(2,3)4/h5-13H,1-4H3,(H,21,22). The van der Waals surface area contributed by atoms with Gasteiger partial charge in [0, 0.05) is 0 Å². The molecule has 2 rings (SSSR count). The van der Waals surface area contributed by atoms with Crippen LogP contribution in [0, 0.1) is 5.82 Å². The Bertz CT molecular complexity index is 692. The Balaban J connectivity index is 2.12. The number of rotatable bonds is 4. The first-order chi connectivity index (χ1) is 10.8. The Hall–Kier alpha value is -2.36. The fourth-order valence-electron chi connectivity index (χ4n) is 2.23. The predicted molar refractivity (Wildman–Crippen MR) is 90.3 cm³/mol. The number of benzene rings is 2. The molecule has 1 unspecified atom stereocenters. The summed E-state index contributed by atoms with van der Waals surface area (Å²) < 4.78 is 19.4. The van der Waals surface area contributed by atoms with Crippen LogP contribution in [0.2, 0.25) is 0 Å². The van der Waals surface area contributed by atoms with E-state index >= 15 is 0 Å². The number of anilines is 1. The second kappa shape index (κ2) is 6.82. The van der Waals surface area contributed by atoms with Crippen molar-refractivity contribution in [2.75, 3.05) is 5.32 Å². The average molecular weight is 315 g/mol. The average Bonchev–Trinajstić information content (AvgIpc) is 2.49. The van der Waals surface area contributed by atoms with Crippen LogP contribution in [0.4, 0.5) is 10.1 Å². The molecule has 23 heavy (non-hydrogen) atoms. The number of halogens is 1. The van der Waals surface area contributed by atoms with Gasteiger partial charge in [0.2, 0.25) is 0 Å². The van der Waals surface area contributed by atoms with Crippen LogP contribution >= 0.6 is 0 Å². The molecule has 0 heterocycles. The summed E-state index contributed by atoms with van der Waals surface area (Å²) in [5.41, 5.74) is 1.07. The lowest BCUT2D eigenvalue weighted by Gasteiger charge is -2.24. The zero-order valence-electron chi connectivity index (χ0n) is 13.9. The number of carbonyl (C=O) groups is 1. The first-order valence-electron chi connectivity index (χ1n) is 7.60. The van der Waals surface area contributed by atoms with Gasteiger partial charge in [-0.15, -0.1) is 0 Å². The maximum absolute atomic E-state index is 13.6. The molecule has 0 aliphatic heterocycles. The van der Waals surface area contributed by atoms with Crippen molar-refractivity contribution in [1.29, 1.82) is 0 Å². The molecule has 0 radical (unpaired) electrons. The van der Waals surface area contributed by atoms with Crippen LogP contribution in [0.5, 0.6) is 5.75 Å². The van der Waals surface area contributed by atoms with E-state index in [1.807, 2.05) is 24.3 Å². The van der Waals surface area contributed by atoms with Gasteiger partial charge in [-0.25, -0.2) is 4.39 Å². The van der Waals surface area contributed by atoms with E-state index < -0.39 is 11.9 Å². The molecular weight excluding hydrogens is 293 g/mol. The minimum Gasteiger partial charge on any atom is -0.481 e. The van der Waals surface area contributed by atoms with Crippen molar-refractivity contribution in [2.45, 2.75) is 39.2 Å². The highest BCUT2D eigenvalue weighted by Gasteiger charge is 2.22. The lowest BCUT2D eigenvalue weighted by atomic mass is 9.86. The van der Waals surface area contributed by atoms with E-state index in [0.29, 0.717) is 5.75 Å². The number of carbonyl (C=O) groups excluding carboxylic acids is 1. The largest absolute Gasteiger partial charge is 0.481 e. The quantitative estimate of drug-likeness (QED) is 0.900. The maximum Gasteiger partial charge on any atom is 0.265 e. The molecule has 0 bridgehead atoms. The van der Waals surface area contributed by atoms with Gasteiger partial charge in [0.05, 0.1) is 5.69 Å². The summed E-state index contributed by atoms with van der Waals surface area (Å²) in [7, 11) is 0. The topological polar surface area (TPSA) is 38.3 Å². The Morgan fingerprint density at radius 1 is 1.09 bits per heavy atom. The monoisotopic (exact) mass is 315 g/mol. The lowest BCUT2D eigenvalue weighted by Crippen LogP contribution is -2.31. The third-order valence-corrected chi connectivity index (χ3v) is 3.50. The van der Waals surface area contributed by atoms with Gasteiger partial charge < -0.3 is 10.1 Å². The minimum absolute atomic E-state index is 0.0989. The minimum atomic E-state index is -0.738. The fourth-order valence-corrected chi connectivity index (χ4v) is 2.23. The van der Waals surface area contributed by atoms with Crippen LogP contribution in [0.1, 0.15) is 33.3 Å². The summed E-state index contributed by atoms with van der Waals surface area (Å²) in [5, 5.41) is 2.55. The molecule has 122 valence electrons. The third-order valence-electron chi connectivity index (χ3n) is 3.50. The van der Waals surface area contributed by atoms with Gasteiger partial charge in [0.15, 0.2) is 6.10 Å². The van der Waals surface area contributed by atoms with E-state index in [2.05, 4.69) is 26.1 Å². The first kappa shape index (κ1) is 17.0. The lowest BCUT2D eigenvalue weighted by molar-refractivity contribution is -0.122. The summed E-state index contributed by atoms with van der Waals surface area (Å²) in [4.78, 5) is 12.2. The third kappa shape index (κ3) is 4.31. The molecule has 0 saturated heterocycles. The van der Waals surface area contributed by atoms with Crippen LogP contribution in [0.15, 0.2) is 48.5 Å². The zero-order chi connectivity index (χ0) is 17.0. The van der Waals surface area contributed by atoms with Crippen molar-refractivity contribution in [3.8, 4) is 5.75 Å². The second-order valence-electron chi connectivity index (χ2n) is 6.48. The van der Waals surface area contributed by atoms with Gasteiger partial charge in [0.25, 0.3) is 5.91 Å². The molecule has 1 N–H and O–H groups in total. The van der Waals surface area contributed by atoms with Gasteiger partial charge >= 0.3 is 0 Å². The molecule has 2 aromatic carbocycles. The molecule has 1 amide bonds. The van der Waals surface area contributed by atoms with E-state index in [-0.39, 0.29) is 17.0 Å². The molecule has 0 spiro atoms. The highest BCUT2D eigenvalue weighted by molar-refractivity contribution is 5.94. The highest BCUT2D eigenvalue weighted by atomic mass is 19.1. The summed E-state index contributed by atoms with van der Waals surface area (Å²) in [6.07, 6.45) is -0.738. The molecule has 0 aliphatic rings. The molecule has 0 aliphatic carbocycles. The normalized spacial score (nSPS) is 12.6. The molecule has 1 atom stereocenters. The molecule has 2 aromatic rings. The van der Waals surface area contributed by atoms with Gasteiger partial charge in [0.1, 0.15) is 11.6 Å². The van der Waals surface area contributed by atoms with Crippen molar-refractivity contribution >= 4 is 11.6 Å². The zero-order valence-corrected chi connectivity index (χ0v) is 13.9. The molecule has 0 fully saturated rings. The number of hydrogen-bond acceptors (Lipinski definition) is 2. The summed E-state index contributed by atoms with van der Waals surface area (Å²) >= 11 is 0. The van der Waals surface area contributed by atoms with Crippen molar-refractivity contribution in [1.82, 2.24) is 0 Å². The van der Waals surface area contributed by atoms with Crippen LogP contribution in [0.3, 0.4) is 0 Å². The molecule has 0 saturated carbocycles.